The summed E-state index contributed by atoms with van der Waals surface area (Å²) in [7, 11) is 2.13. The zero-order valence-electron chi connectivity index (χ0n) is 9.49. The van der Waals surface area contributed by atoms with Gasteiger partial charge >= 0.3 is 0 Å². The molecule has 1 N–H and O–H groups in total. The standard InChI is InChI=1S/C12H17ClN2O/c1-14-4-6-15(7-5-14)12-3-2-11(13)8-10(12)9-16/h2-3,8,16H,4-7,9H2,1H3. The number of hydrogen-bond acceptors (Lipinski definition) is 3. The Kier molecular flexibility index (Phi) is 3.69. The van der Waals surface area contributed by atoms with Gasteiger partial charge in [-0.25, -0.2) is 0 Å². The highest BCUT2D eigenvalue weighted by Crippen LogP contribution is 2.25. The van der Waals surface area contributed by atoms with Crippen LogP contribution in [0.2, 0.25) is 5.02 Å². The van der Waals surface area contributed by atoms with E-state index in [2.05, 4.69) is 16.8 Å². The largest absolute Gasteiger partial charge is 0.392 e. The van der Waals surface area contributed by atoms with Crippen LogP contribution < -0.4 is 4.90 Å². The quantitative estimate of drug-likeness (QED) is 0.851. The summed E-state index contributed by atoms with van der Waals surface area (Å²) in [5.41, 5.74) is 2.03. The van der Waals surface area contributed by atoms with E-state index in [-0.39, 0.29) is 6.61 Å². The van der Waals surface area contributed by atoms with Crippen molar-refractivity contribution in [2.45, 2.75) is 6.61 Å². The Morgan fingerprint density at radius 3 is 2.56 bits per heavy atom. The van der Waals surface area contributed by atoms with Crippen molar-refractivity contribution in [3.63, 3.8) is 0 Å². The van der Waals surface area contributed by atoms with Crippen molar-refractivity contribution in [3.8, 4) is 0 Å². The maximum Gasteiger partial charge on any atom is 0.0702 e. The Labute approximate surface area is 101 Å². The minimum atomic E-state index is 0.0439. The molecule has 4 heteroatoms. The van der Waals surface area contributed by atoms with Crippen LogP contribution in [0.15, 0.2) is 18.2 Å². The van der Waals surface area contributed by atoms with Gasteiger partial charge in [0.1, 0.15) is 0 Å². The topological polar surface area (TPSA) is 26.7 Å². The second-order valence-electron chi connectivity index (χ2n) is 4.22. The molecular weight excluding hydrogens is 224 g/mol. The summed E-state index contributed by atoms with van der Waals surface area (Å²) in [6.45, 7) is 4.18. The van der Waals surface area contributed by atoms with Crippen LogP contribution in [0, 0.1) is 0 Å². The first-order chi connectivity index (χ1) is 7.70. The number of aliphatic hydroxyl groups is 1. The minimum Gasteiger partial charge on any atom is -0.392 e. The Morgan fingerprint density at radius 2 is 1.94 bits per heavy atom. The van der Waals surface area contributed by atoms with Crippen molar-refractivity contribution in [2.75, 3.05) is 38.1 Å². The average Bonchev–Trinajstić information content (AvgIpc) is 2.30. The monoisotopic (exact) mass is 240 g/mol. The molecule has 16 heavy (non-hydrogen) atoms. The molecule has 0 unspecified atom stereocenters. The summed E-state index contributed by atoms with van der Waals surface area (Å²) >= 11 is 5.92. The molecule has 1 aliphatic heterocycles. The predicted molar refractivity (Wildman–Crippen MR) is 67.1 cm³/mol. The van der Waals surface area contributed by atoms with Crippen molar-refractivity contribution < 1.29 is 5.11 Å². The first kappa shape index (κ1) is 11.7. The molecule has 1 heterocycles. The van der Waals surface area contributed by atoms with Gasteiger partial charge in [0.25, 0.3) is 0 Å². The summed E-state index contributed by atoms with van der Waals surface area (Å²) in [6, 6.07) is 5.72. The third-order valence-electron chi connectivity index (χ3n) is 3.06. The molecule has 1 aromatic carbocycles. The molecule has 1 aliphatic rings. The molecule has 2 rings (SSSR count). The van der Waals surface area contributed by atoms with E-state index >= 15 is 0 Å². The van der Waals surface area contributed by atoms with Crippen molar-refractivity contribution in [3.05, 3.63) is 28.8 Å². The zero-order chi connectivity index (χ0) is 11.5. The summed E-state index contributed by atoms with van der Waals surface area (Å²) in [6.07, 6.45) is 0. The second-order valence-corrected chi connectivity index (χ2v) is 4.66. The molecule has 0 aliphatic carbocycles. The van der Waals surface area contributed by atoms with Crippen LogP contribution in [0.25, 0.3) is 0 Å². The van der Waals surface area contributed by atoms with Crippen LogP contribution in [0.5, 0.6) is 0 Å². The second kappa shape index (κ2) is 5.04. The van der Waals surface area contributed by atoms with E-state index in [1.165, 1.54) is 0 Å². The lowest BCUT2D eigenvalue weighted by Gasteiger charge is -2.35. The number of nitrogens with zero attached hydrogens (tertiary/aromatic N) is 2. The minimum absolute atomic E-state index is 0.0439. The molecule has 1 saturated heterocycles. The van der Waals surface area contributed by atoms with Crippen LogP contribution in [0.3, 0.4) is 0 Å². The highest BCUT2D eigenvalue weighted by molar-refractivity contribution is 6.30. The number of anilines is 1. The summed E-state index contributed by atoms with van der Waals surface area (Å²) in [5, 5.41) is 10.0. The Bertz CT molecular complexity index is 362. The molecule has 3 nitrogen and oxygen atoms in total. The van der Waals surface area contributed by atoms with Crippen molar-refractivity contribution in [1.82, 2.24) is 4.90 Å². The van der Waals surface area contributed by atoms with Crippen LogP contribution >= 0.6 is 11.6 Å². The molecule has 0 atom stereocenters. The smallest absolute Gasteiger partial charge is 0.0702 e. The molecule has 88 valence electrons. The Balaban J connectivity index is 2.19. The number of aliphatic hydroxyl groups excluding tert-OH is 1. The fraction of sp³-hybridized carbons (Fsp3) is 0.500. The lowest BCUT2D eigenvalue weighted by Crippen LogP contribution is -2.44. The van der Waals surface area contributed by atoms with Gasteiger partial charge in [-0.05, 0) is 25.2 Å². The maximum atomic E-state index is 9.33. The lowest BCUT2D eigenvalue weighted by atomic mass is 10.1. The molecular formula is C12H17ClN2O. The van der Waals surface area contributed by atoms with E-state index in [9.17, 15) is 5.11 Å². The van der Waals surface area contributed by atoms with Crippen molar-refractivity contribution >= 4 is 17.3 Å². The maximum absolute atomic E-state index is 9.33. The van der Waals surface area contributed by atoms with E-state index in [0.717, 1.165) is 37.4 Å². The van der Waals surface area contributed by atoms with E-state index in [4.69, 9.17) is 11.6 Å². The normalized spacial score (nSPS) is 17.8. The van der Waals surface area contributed by atoms with Gasteiger partial charge in [0.2, 0.25) is 0 Å². The first-order valence-electron chi connectivity index (χ1n) is 5.53. The number of hydrogen-bond donors (Lipinski definition) is 1. The number of benzene rings is 1. The first-order valence-corrected chi connectivity index (χ1v) is 5.91. The van der Waals surface area contributed by atoms with Gasteiger partial charge in [-0.3, -0.25) is 0 Å². The lowest BCUT2D eigenvalue weighted by molar-refractivity contribution is 0.280. The fourth-order valence-electron chi connectivity index (χ4n) is 2.04. The Hall–Kier alpha value is -0.770. The number of rotatable bonds is 2. The van der Waals surface area contributed by atoms with E-state index in [1.807, 2.05) is 18.2 Å². The number of halogens is 1. The molecule has 0 radical (unpaired) electrons. The summed E-state index contributed by atoms with van der Waals surface area (Å²) < 4.78 is 0. The van der Waals surface area contributed by atoms with Crippen LogP contribution in [0.4, 0.5) is 5.69 Å². The van der Waals surface area contributed by atoms with Crippen molar-refractivity contribution in [2.24, 2.45) is 0 Å². The van der Waals surface area contributed by atoms with Gasteiger partial charge in [0.15, 0.2) is 0 Å². The number of likely N-dealkylation sites (N-methyl/N-ethyl adjacent to an activating group) is 1. The molecule has 0 aromatic heterocycles. The van der Waals surface area contributed by atoms with Gasteiger partial charge < -0.3 is 14.9 Å². The van der Waals surface area contributed by atoms with Crippen molar-refractivity contribution in [1.29, 1.82) is 0 Å². The van der Waals surface area contributed by atoms with Gasteiger partial charge in [-0.15, -0.1) is 0 Å². The van der Waals surface area contributed by atoms with Crippen LogP contribution in [-0.4, -0.2) is 43.2 Å². The van der Waals surface area contributed by atoms with E-state index in [0.29, 0.717) is 5.02 Å². The molecule has 0 bridgehead atoms. The third kappa shape index (κ3) is 2.48. The van der Waals surface area contributed by atoms with Gasteiger partial charge in [0.05, 0.1) is 6.61 Å². The highest BCUT2D eigenvalue weighted by Gasteiger charge is 2.16. The molecule has 0 saturated carbocycles. The molecule has 0 spiro atoms. The third-order valence-corrected chi connectivity index (χ3v) is 3.29. The van der Waals surface area contributed by atoms with Crippen LogP contribution in [-0.2, 0) is 6.61 Å². The van der Waals surface area contributed by atoms with E-state index < -0.39 is 0 Å². The predicted octanol–water partition coefficient (Wildman–Crippen LogP) is 1.58. The highest BCUT2D eigenvalue weighted by atomic mass is 35.5. The molecule has 1 aromatic rings. The van der Waals surface area contributed by atoms with Gasteiger partial charge in [-0.1, -0.05) is 11.6 Å². The fourth-order valence-corrected chi connectivity index (χ4v) is 2.23. The zero-order valence-corrected chi connectivity index (χ0v) is 10.2. The average molecular weight is 241 g/mol. The van der Waals surface area contributed by atoms with Gasteiger partial charge in [0, 0.05) is 42.5 Å². The Morgan fingerprint density at radius 1 is 1.25 bits per heavy atom. The van der Waals surface area contributed by atoms with E-state index in [1.54, 1.807) is 0 Å². The summed E-state index contributed by atoms with van der Waals surface area (Å²) in [5.74, 6) is 0. The summed E-state index contributed by atoms with van der Waals surface area (Å²) in [4.78, 5) is 4.62. The number of piperazine rings is 1. The molecule has 0 amide bonds. The van der Waals surface area contributed by atoms with Gasteiger partial charge in [-0.2, -0.15) is 0 Å². The SMILES string of the molecule is CN1CCN(c2ccc(Cl)cc2CO)CC1. The molecule has 1 fully saturated rings. The van der Waals surface area contributed by atoms with Crippen LogP contribution in [0.1, 0.15) is 5.56 Å².